The minimum atomic E-state index is 0.721. The van der Waals surface area contributed by atoms with Gasteiger partial charge in [0.2, 0.25) is 0 Å². The first-order valence-electron chi connectivity index (χ1n) is 4.27. The zero-order valence-corrected chi connectivity index (χ0v) is 7.61. The Balaban J connectivity index is 2.64. The highest BCUT2D eigenvalue weighted by molar-refractivity contribution is 5.76. The SMILES string of the molecule is CCCc1nnc(C)c2nonc12. The monoisotopic (exact) mass is 178 g/mol. The molecule has 5 heteroatoms. The maximum Gasteiger partial charge on any atom is 0.160 e. The highest BCUT2D eigenvalue weighted by atomic mass is 16.6. The van der Waals surface area contributed by atoms with Gasteiger partial charge in [-0.15, -0.1) is 0 Å². The Kier molecular flexibility index (Phi) is 1.92. The van der Waals surface area contributed by atoms with E-state index in [2.05, 4.69) is 32.1 Å². The average Bonchev–Trinajstić information content (AvgIpc) is 2.59. The van der Waals surface area contributed by atoms with Gasteiger partial charge in [0.05, 0.1) is 11.4 Å². The maximum atomic E-state index is 4.65. The van der Waals surface area contributed by atoms with Crippen LogP contribution < -0.4 is 0 Å². The Bertz CT molecular complexity index is 423. The molecule has 0 N–H and O–H groups in total. The molecule has 0 fully saturated rings. The van der Waals surface area contributed by atoms with Crippen molar-refractivity contribution in [3.05, 3.63) is 11.4 Å². The fraction of sp³-hybridized carbons (Fsp3) is 0.500. The molecule has 2 heterocycles. The molecular formula is C8H10N4O. The molecule has 0 aromatic carbocycles. The van der Waals surface area contributed by atoms with Crippen LogP contribution in [0.1, 0.15) is 24.7 Å². The van der Waals surface area contributed by atoms with E-state index in [0.29, 0.717) is 0 Å². The van der Waals surface area contributed by atoms with Crippen molar-refractivity contribution in [1.82, 2.24) is 20.5 Å². The summed E-state index contributed by atoms with van der Waals surface area (Å²) in [5.41, 5.74) is 3.09. The molecule has 0 bridgehead atoms. The van der Waals surface area contributed by atoms with Crippen molar-refractivity contribution in [3.63, 3.8) is 0 Å². The summed E-state index contributed by atoms with van der Waals surface area (Å²) < 4.78 is 4.65. The normalized spacial score (nSPS) is 10.9. The molecule has 0 saturated carbocycles. The Morgan fingerprint density at radius 3 is 2.69 bits per heavy atom. The predicted molar refractivity (Wildman–Crippen MR) is 46.1 cm³/mol. The van der Waals surface area contributed by atoms with Crippen molar-refractivity contribution in [1.29, 1.82) is 0 Å². The van der Waals surface area contributed by atoms with Crippen LogP contribution in [-0.2, 0) is 6.42 Å². The lowest BCUT2D eigenvalue weighted by molar-refractivity contribution is 0.315. The zero-order valence-electron chi connectivity index (χ0n) is 7.61. The summed E-state index contributed by atoms with van der Waals surface area (Å²) in [4.78, 5) is 0. The first kappa shape index (κ1) is 8.10. The summed E-state index contributed by atoms with van der Waals surface area (Å²) in [6.45, 7) is 3.93. The van der Waals surface area contributed by atoms with E-state index in [9.17, 15) is 0 Å². The fourth-order valence-corrected chi connectivity index (χ4v) is 1.25. The van der Waals surface area contributed by atoms with Crippen LogP contribution >= 0.6 is 0 Å². The molecule has 2 rings (SSSR count). The lowest BCUT2D eigenvalue weighted by atomic mass is 10.2. The van der Waals surface area contributed by atoms with E-state index in [1.807, 2.05) is 6.92 Å². The summed E-state index contributed by atoms with van der Waals surface area (Å²) in [6.07, 6.45) is 1.87. The van der Waals surface area contributed by atoms with Gasteiger partial charge in [-0.1, -0.05) is 13.3 Å². The van der Waals surface area contributed by atoms with Crippen LogP contribution in [0.5, 0.6) is 0 Å². The number of fused-ring (bicyclic) bond motifs is 1. The molecule has 0 saturated heterocycles. The van der Waals surface area contributed by atoms with Gasteiger partial charge in [-0.2, -0.15) is 10.2 Å². The van der Waals surface area contributed by atoms with Crippen molar-refractivity contribution in [2.24, 2.45) is 0 Å². The van der Waals surface area contributed by atoms with Crippen molar-refractivity contribution in [2.75, 3.05) is 0 Å². The third kappa shape index (κ3) is 1.26. The average molecular weight is 178 g/mol. The second-order valence-corrected chi connectivity index (χ2v) is 2.94. The van der Waals surface area contributed by atoms with Crippen molar-refractivity contribution < 1.29 is 4.63 Å². The van der Waals surface area contributed by atoms with Crippen molar-refractivity contribution in [2.45, 2.75) is 26.7 Å². The number of aryl methyl sites for hydroxylation is 2. The second-order valence-electron chi connectivity index (χ2n) is 2.94. The van der Waals surface area contributed by atoms with Gasteiger partial charge < -0.3 is 0 Å². The molecule has 0 amide bonds. The van der Waals surface area contributed by atoms with E-state index < -0.39 is 0 Å². The minimum absolute atomic E-state index is 0.721. The summed E-state index contributed by atoms with van der Waals surface area (Å²) in [5.74, 6) is 0. The van der Waals surface area contributed by atoms with E-state index >= 15 is 0 Å². The molecule has 2 aromatic heterocycles. The third-order valence-corrected chi connectivity index (χ3v) is 1.91. The van der Waals surface area contributed by atoms with Gasteiger partial charge in [0, 0.05) is 0 Å². The standard InChI is InChI=1S/C8H10N4O/c1-3-4-6-8-7(11-13-12-8)5(2)9-10-6/h3-4H2,1-2H3. The predicted octanol–water partition coefficient (Wildman–Crippen LogP) is 1.27. The molecule has 0 aliphatic rings. The summed E-state index contributed by atoms with van der Waals surface area (Å²) in [5, 5.41) is 15.6. The molecule has 0 aliphatic carbocycles. The molecule has 68 valence electrons. The first-order chi connectivity index (χ1) is 6.33. The maximum absolute atomic E-state index is 4.65. The Labute approximate surface area is 75.1 Å². The Morgan fingerprint density at radius 1 is 1.15 bits per heavy atom. The van der Waals surface area contributed by atoms with Crippen LogP contribution in [-0.4, -0.2) is 20.5 Å². The van der Waals surface area contributed by atoms with Gasteiger partial charge in [0.15, 0.2) is 11.0 Å². The molecule has 13 heavy (non-hydrogen) atoms. The molecule has 0 aliphatic heterocycles. The van der Waals surface area contributed by atoms with Crippen molar-refractivity contribution >= 4 is 11.0 Å². The molecular weight excluding hydrogens is 168 g/mol. The molecule has 0 unspecified atom stereocenters. The summed E-state index contributed by atoms with van der Waals surface area (Å²) in [7, 11) is 0. The number of hydrogen-bond donors (Lipinski definition) is 0. The van der Waals surface area contributed by atoms with Gasteiger partial charge in [-0.3, -0.25) is 0 Å². The minimum Gasteiger partial charge on any atom is -0.243 e. The van der Waals surface area contributed by atoms with Crippen LogP contribution in [0.2, 0.25) is 0 Å². The number of rotatable bonds is 2. The quantitative estimate of drug-likeness (QED) is 0.692. The van der Waals surface area contributed by atoms with Crippen LogP contribution in [0.25, 0.3) is 11.0 Å². The van der Waals surface area contributed by atoms with E-state index in [0.717, 1.165) is 35.3 Å². The van der Waals surface area contributed by atoms with Crippen LogP contribution in [0.15, 0.2) is 4.63 Å². The van der Waals surface area contributed by atoms with E-state index in [1.54, 1.807) is 0 Å². The lowest BCUT2D eigenvalue weighted by Gasteiger charge is -1.96. The third-order valence-electron chi connectivity index (χ3n) is 1.91. The Hall–Kier alpha value is -1.52. The van der Waals surface area contributed by atoms with Crippen LogP contribution in [0, 0.1) is 6.92 Å². The molecule has 5 nitrogen and oxygen atoms in total. The van der Waals surface area contributed by atoms with Crippen LogP contribution in [0.4, 0.5) is 0 Å². The smallest absolute Gasteiger partial charge is 0.160 e. The zero-order chi connectivity index (χ0) is 9.26. The fourth-order valence-electron chi connectivity index (χ4n) is 1.25. The van der Waals surface area contributed by atoms with E-state index in [-0.39, 0.29) is 0 Å². The van der Waals surface area contributed by atoms with Gasteiger partial charge in [-0.05, 0) is 23.7 Å². The summed E-state index contributed by atoms with van der Waals surface area (Å²) in [6, 6.07) is 0. The highest BCUT2D eigenvalue weighted by Gasteiger charge is 2.10. The number of nitrogens with zero attached hydrogens (tertiary/aromatic N) is 4. The van der Waals surface area contributed by atoms with Crippen molar-refractivity contribution in [3.8, 4) is 0 Å². The van der Waals surface area contributed by atoms with E-state index in [4.69, 9.17) is 0 Å². The summed E-state index contributed by atoms with van der Waals surface area (Å²) >= 11 is 0. The molecule has 0 radical (unpaired) electrons. The number of hydrogen-bond acceptors (Lipinski definition) is 5. The topological polar surface area (TPSA) is 64.7 Å². The second kappa shape index (κ2) is 3.08. The lowest BCUT2D eigenvalue weighted by Crippen LogP contribution is -1.96. The Morgan fingerprint density at radius 2 is 1.92 bits per heavy atom. The molecule has 2 aromatic rings. The number of aromatic nitrogens is 4. The molecule has 0 atom stereocenters. The van der Waals surface area contributed by atoms with Gasteiger partial charge in [0.1, 0.15) is 0 Å². The van der Waals surface area contributed by atoms with Gasteiger partial charge in [0.25, 0.3) is 0 Å². The van der Waals surface area contributed by atoms with E-state index in [1.165, 1.54) is 0 Å². The van der Waals surface area contributed by atoms with Gasteiger partial charge in [-0.25, -0.2) is 4.63 Å². The first-order valence-corrected chi connectivity index (χ1v) is 4.27. The highest BCUT2D eigenvalue weighted by Crippen LogP contribution is 2.15. The largest absolute Gasteiger partial charge is 0.243 e. The van der Waals surface area contributed by atoms with Crippen LogP contribution in [0.3, 0.4) is 0 Å². The van der Waals surface area contributed by atoms with Gasteiger partial charge >= 0.3 is 0 Å². The molecule has 0 spiro atoms.